The molecule has 2 nitrogen and oxygen atoms in total. The zero-order valence-electron chi connectivity index (χ0n) is 11.4. The molecule has 0 aliphatic rings. The Morgan fingerprint density at radius 3 is 2.57 bits per heavy atom. The van der Waals surface area contributed by atoms with E-state index in [0.29, 0.717) is 5.56 Å². The van der Waals surface area contributed by atoms with Gasteiger partial charge in [-0.1, -0.05) is 41.6 Å². The van der Waals surface area contributed by atoms with E-state index in [4.69, 9.17) is 4.84 Å². The second kappa shape index (κ2) is 6.43. The molecule has 0 aliphatic heterocycles. The first-order valence-corrected chi connectivity index (χ1v) is 6.34. The molecule has 0 aliphatic carbocycles. The monoisotopic (exact) mass is 293 g/mol. The van der Waals surface area contributed by atoms with E-state index >= 15 is 0 Å². The lowest BCUT2D eigenvalue weighted by Gasteiger charge is -2.07. The Balaban J connectivity index is 1.97. The van der Waals surface area contributed by atoms with Gasteiger partial charge in [0.05, 0.1) is 11.8 Å². The standard InChI is InChI=1S/C16H14F3NO/c1-12-5-2-3-7-14(12)10-20-21-11-13-6-4-8-15(9-13)16(17,18)19/h2-10H,11H2,1H3. The highest BCUT2D eigenvalue weighted by Crippen LogP contribution is 2.29. The summed E-state index contributed by atoms with van der Waals surface area (Å²) in [7, 11) is 0. The zero-order chi connectivity index (χ0) is 15.3. The maximum atomic E-state index is 12.6. The summed E-state index contributed by atoms with van der Waals surface area (Å²) in [6.07, 6.45) is -2.80. The number of nitrogens with zero attached hydrogens (tertiary/aromatic N) is 1. The molecular formula is C16H14F3NO. The lowest BCUT2D eigenvalue weighted by molar-refractivity contribution is -0.137. The van der Waals surface area contributed by atoms with Crippen molar-refractivity contribution in [3.8, 4) is 0 Å². The van der Waals surface area contributed by atoms with Gasteiger partial charge in [0.15, 0.2) is 0 Å². The Morgan fingerprint density at radius 2 is 1.86 bits per heavy atom. The number of hydrogen-bond donors (Lipinski definition) is 0. The van der Waals surface area contributed by atoms with Crippen LogP contribution in [0.15, 0.2) is 53.7 Å². The van der Waals surface area contributed by atoms with Crippen LogP contribution in [0.4, 0.5) is 13.2 Å². The van der Waals surface area contributed by atoms with Gasteiger partial charge in [0.2, 0.25) is 0 Å². The van der Waals surface area contributed by atoms with E-state index in [1.54, 1.807) is 12.3 Å². The highest BCUT2D eigenvalue weighted by atomic mass is 19.4. The summed E-state index contributed by atoms with van der Waals surface area (Å²) in [5.41, 5.74) is 1.68. The molecule has 0 spiro atoms. The lowest BCUT2D eigenvalue weighted by atomic mass is 10.1. The van der Waals surface area contributed by atoms with Crippen LogP contribution < -0.4 is 0 Å². The highest BCUT2D eigenvalue weighted by Gasteiger charge is 2.30. The van der Waals surface area contributed by atoms with Crippen molar-refractivity contribution in [2.24, 2.45) is 5.16 Å². The molecule has 0 aromatic heterocycles. The molecule has 0 atom stereocenters. The number of oxime groups is 1. The van der Waals surface area contributed by atoms with Crippen LogP contribution in [0.2, 0.25) is 0 Å². The Kier molecular flexibility index (Phi) is 4.62. The predicted molar refractivity (Wildman–Crippen MR) is 75.0 cm³/mol. The molecule has 0 saturated heterocycles. The maximum absolute atomic E-state index is 12.6. The van der Waals surface area contributed by atoms with Crippen LogP contribution in [-0.2, 0) is 17.6 Å². The van der Waals surface area contributed by atoms with E-state index in [-0.39, 0.29) is 6.61 Å². The average molecular weight is 293 g/mol. The fourth-order valence-electron chi connectivity index (χ4n) is 1.77. The summed E-state index contributed by atoms with van der Waals surface area (Å²) >= 11 is 0. The molecule has 0 radical (unpaired) electrons. The molecule has 0 saturated carbocycles. The number of rotatable bonds is 4. The van der Waals surface area contributed by atoms with Crippen molar-refractivity contribution in [1.82, 2.24) is 0 Å². The van der Waals surface area contributed by atoms with Crippen molar-refractivity contribution in [3.63, 3.8) is 0 Å². The predicted octanol–water partition coefficient (Wildman–Crippen LogP) is 4.56. The van der Waals surface area contributed by atoms with Gasteiger partial charge in [-0.05, 0) is 35.7 Å². The third-order valence-electron chi connectivity index (χ3n) is 2.94. The smallest absolute Gasteiger partial charge is 0.391 e. The number of halogens is 3. The minimum Gasteiger partial charge on any atom is -0.391 e. The van der Waals surface area contributed by atoms with Gasteiger partial charge in [0, 0.05) is 0 Å². The molecule has 0 bridgehead atoms. The summed E-state index contributed by atoms with van der Waals surface area (Å²) in [4.78, 5) is 5.05. The average Bonchev–Trinajstić information content (AvgIpc) is 2.45. The Bertz CT molecular complexity index is 635. The number of alkyl halides is 3. The fraction of sp³-hybridized carbons (Fsp3) is 0.188. The molecular weight excluding hydrogens is 279 g/mol. The second-order valence-corrected chi connectivity index (χ2v) is 4.56. The van der Waals surface area contributed by atoms with E-state index in [1.165, 1.54) is 6.07 Å². The van der Waals surface area contributed by atoms with E-state index in [2.05, 4.69) is 5.16 Å². The molecule has 2 aromatic rings. The van der Waals surface area contributed by atoms with Crippen LogP contribution in [0.1, 0.15) is 22.3 Å². The van der Waals surface area contributed by atoms with Gasteiger partial charge in [-0.15, -0.1) is 0 Å². The van der Waals surface area contributed by atoms with E-state index in [0.717, 1.165) is 23.3 Å². The first kappa shape index (κ1) is 15.1. The number of aryl methyl sites for hydroxylation is 1. The molecule has 0 amide bonds. The Labute approximate surface area is 120 Å². The van der Waals surface area contributed by atoms with Crippen molar-refractivity contribution < 1.29 is 18.0 Å². The zero-order valence-corrected chi connectivity index (χ0v) is 11.4. The summed E-state index contributed by atoms with van der Waals surface area (Å²) < 4.78 is 37.7. The Hall–Kier alpha value is -2.30. The van der Waals surface area contributed by atoms with Gasteiger partial charge in [-0.3, -0.25) is 0 Å². The summed E-state index contributed by atoms with van der Waals surface area (Å²) in [6, 6.07) is 12.6. The van der Waals surface area contributed by atoms with Crippen molar-refractivity contribution in [3.05, 3.63) is 70.8 Å². The molecule has 2 rings (SSSR count). The molecule has 5 heteroatoms. The van der Waals surface area contributed by atoms with Crippen molar-refractivity contribution in [1.29, 1.82) is 0 Å². The van der Waals surface area contributed by atoms with Crippen molar-refractivity contribution in [2.45, 2.75) is 19.7 Å². The van der Waals surface area contributed by atoms with Crippen LogP contribution in [0.5, 0.6) is 0 Å². The SMILES string of the molecule is Cc1ccccc1C=NOCc1cccc(C(F)(F)F)c1. The van der Waals surface area contributed by atoms with E-state index in [9.17, 15) is 13.2 Å². The molecule has 110 valence electrons. The molecule has 2 aromatic carbocycles. The second-order valence-electron chi connectivity index (χ2n) is 4.56. The van der Waals surface area contributed by atoms with Gasteiger partial charge in [0.1, 0.15) is 6.61 Å². The number of benzene rings is 2. The van der Waals surface area contributed by atoms with Crippen LogP contribution in [0, 0.1) is 6.92 Å². The van der Waals surface area contributed by atoms with Gasteiger partial charge in [0.25, 0.3) is 0 Å². The fourth-order valence-corrected chi connectivity index (χ4v) is 1.77. The summed E-state index contributed by atoms with van der Waals surface area (Å²) in [5, 5.41) is 3.78. The third-order valence-corrected chi connectivity index (χ3v) is 2.94. The minimum absolute atomic E-state index is 0.00764. The maximum Gasteiger partial charge on any atom is 0.416 e. The first-order valence-electron chi connectivity index (χ1n) is 6.34. The third kappa shape index (κ3) is 4.34. The number of hydrogen-bond acceptors (Lipinski definition) is 2. The molecule has 0 N–H and O–H groups in total. The van der Waals surface area contributed by atoms with Gasteiger partial charge in [-0.2, -0.15) is 13.2 Å². The van der Waals surface area contributed by atoms with Crippen molar-refractivity contribution >= 4 is 6.21 Å². The van der Waals surface area contributed by atoms with Crippen LogP contribution in [0.25, 0.3) is 0 Å². The highest BCUT2D eigenvalue weighted by molar-refractivity contribution is 5.81. The van der Waals surface area contributed by atoms with Crippen LogP contribution in [0.3, 0.4) is 0 Å². The topological polar surface area (TPSA) is 21.6 Å². The molecule has 0 heterocycles. The van der Waals surface area contributed by atoms with E-state index < -0.39 is 11.7 Å². The van der Waals surface area contributed by atoms with Crippen LogP contribution >= 0.6 is 0 Å². The summed E-state index contributed by atoms with van der Waals surface area (Å²) in [5.74, 6) is 0. The molecule has 0 fully saturated rings. The Morgan fingerprint density at radius 1 is 1.10 bits per heavy atom. The van der Waals surface area contributed by atoms with Crippen molar-refractivity contribution in [2.75, 3.05) is 0 Å². The van der Waals surface area contributed by atoms with Gasteiger partial charge in [-0.25, -0.2) is 0 Å². The largest absolute Gasteiger partial charge is 0.416 e. The van der Waals surface area contributed by atoms with E-state index in [1.807, 2.05) is 31.2 Å². The molecule has 21 heavy (non-hydrogen) atoms. The van der Waals surface area contributed by atoms with Gasteiger partial charge >= 0.3 is 6.18 Å². The molecule has 0 unspecified atom stereocenters. The lowest BCUT2D eigenvalue weighted by Crippen LogP contribution is -2.05. The van der Waals surface area contributed by atoms with Crippen LogP contribution in [-0.4, -0.2) is 6.21 Å². The van der Waals surface area contributed by atoms with Gasteiger partial charge < -0.3 is 4.84 Å². The quantitative estimate of drug-likeness (QED) is 0.598. The first-order chi connectivity index (χ1) is 9.97. The minimum atomic E-state index is -4.35. The normalized spacial score (nSPS) is 11.8. The summed E-state index contributed by atoms with van der Waals surface area (Å²) in [6.45, 7) is 1.93.